The number of aromatic nitrogens is 4. The molecule has 0 bridgehead atoms. The van der Waals surface area contributed by atoms with Crippen LogP contribution in [0.2, 0.25) is 0 Å². The van der Waals surface area contributed by atoms with Crippen molar-refractivity contribution in [3.63, 3.8) is 0 Å². The number of nitrogens with zero attached hydrogens (tertiary/aromatic N) is 5. The minimum absolute atomic E-state index is 0.0516. The normalized spacial score (nSPS) is 14.1. The molecule has 0 aliphatic carbocycles. The molecule has 1 fully saturated rings. The van der Waals surface area contributed by atoms with Gasteiger partial charge in [-0.1, -0.05) is 12.1 Å². The Morgan fingerprint density at radius 2 is 1.73 bits per heavy atom. The second kappa shape index (κ2) is 10.0. The number of hydrogen-bond donors (Lipinski definition) is 1. The van der Waals surface area contributed by atoms with Crippen molar-refractivity contribution in [3.8, 4) is 27.9 Å². The van der Waals surface area contributed by atoms with Gasteiger partial charge in [0.25, 0.3) is 5.56 Å². The number of piperidine rings is 1. The van der Waals surface area contributed by atoms with Crippen LogP contribution >= 0.6 is 0 Å². The van der Waals surface area contributed by atoms with E-state index in [0.717, 1.165) is 18.5 Å². The second-order valence-electron chi connectivity index (χ2n) is 9.94. The highest BCUT2D eigenvalue weighted by Gasteiger charge is 2.27. The van der Waals surface area contributed by atoms with E-state index in [1.54, 1.807) is 41.9 Å². The number of nitrogen functional groups attached to an aromatic ring is 1. The van der Waals surface area contributed by atoms with E-state index in [1.165, 1.54) is 41.2 Å². The molecule has 2 aromatic carbocycles. The second-order valence-corrected chi connectivity index (χ2v) is 9.94. The third kappa shape index (κ3) is 4.41. The number of likely N-dealkylation sites (tertiary alicyclic amines) is 1. The fraction of sp³-hybridized carbons (Fsp3) is 0.200. The van der Waals surface area contributed by atoms with Crippen molar-refractivity contribution in [1.29, 1.82) is 0 Å². The molecule has 1 aliphatic heterocycles. The van der Waals surface area contributed by atoms with Crippen LogP contribution in [0.5, 0.6) is 0 Å². The SMILES string of the molecule is CC(=O)N1CCC(c2cc(-c3ccc(-c4cccn(-c5ccc(F)cc5)c4=O)cc3F)c3c(N)ncnn23)CC1. The quantitative estimate of drug-likeness (QED) is 0.353. The largest absolute Gasteiger partial charge is 0.382 e. The molecule has 1 saturated heterocycles. The van der Waals surface area contributed by atoms with Gasteiger partial charge in [-0.25, -0.2) is 18.3 Å². The lowest BCUT2D eigenvalue weighted by Crippen LogP contribution is -2.36. The lowest BCUT2D eigenvalue weighted by molar-refractivity contribution is -0.129. The number of fused-ring (bicyclic) bond motifs is 1. The summed E-state index contributed by atoms with van der Waals surface area (Å²) >= 11 is 0. The zero-order chi connectivity index (χ0) is 28.0. The molecular formula is C30H26F2N6O2. The Morgan fingerprint density at radius 1 is 0.975 bits per heavy atom. The van der Waals surface area contributed by atoms with Crippen molar-refractivity contribution in [2.45, 2.75) is 25.7 Å². The Balaban J connectivity index is 1.40. The van der Waals surface area contributed by atoms with Gasteiger partial charge in [0, 0.05) is 60.2 Å². The van der Waals surface area contributed by atoms with Crippen LogP contribution in [-0.4, -0.2) is 43.1 Å². The molecule has 0 atom stereocenters. The molecule has 5 aromatic rings. The van der Waals surface area contributed by atoms with Crippen LogP contribution in [0.3, 0.4) is 0 Å². The number of rotatable bonds is 4. The van der Waals surface area contributed by atoms with E-state index in [4.69, 9.17) is 5.73 Å². The van der Waals surface area contributed by atoms with Gasteiger partial charge in [0.1, 0.15) is 23.5 Å². The van der Waals surface area contributed by atoms with E-state index in [2.05, 4.69) is 10.1 Å². The first-order chi connectivity index (χ1) is 19.3. The lowest BCUT2D eigenvalue weighted by Gasteiger charge is -2.31. The van der Waals surface area contributed by atoms with Crippen LogP contribution in [0.4, 0.5) is 14.6 Å². The third-order valence-corrected chi connectivity index (χ3v) is 7.59. The Labute approximate surface area is 228 Å². The van der Waals surface area contributed by atoms with Crippen molar-refractivity contribution >= 4 is 17.2 Å². The first-order valence-electron chi connectivity index (χ1n) is 13.0. The van der Waals surface area contributed by atoms with Gasteiger partial charge in [-0.2, -0.15) is 5.10 Å². The molecule has 6 rings (SSSR count). The molecule has 8 nitrogen and oxygen atoms in total. The molecule has 40 heavy (non-hydrogen) atoms. The Kier molecular flexibility index (Phi) is 6.37. The van der Waals surface area contributed by atoms with E-state index in [9.17, 15) is 14.0 Å². The van der Waals surface area contributed by atoms with Crippen molar-refractivity contribution in [1.82, 2.24) is 24.1 Å². The van der Waals surface area contributed by atoms with Crippen LogP contribution in [0.15, 0.2) is 78.0 Å². The summed E-state index contributed by atoms with van der Waals surface area (Å²) in [5.41, 5.74) is 9.38. The number of hydrogen-bond acceptors (Lipinski definition) is 5. The summed E-state index contributed by atoms with van der Waals surface area (Å²) in [4.78, 5) is 31.0. The maximum Gasteiger partial charge on any atom is 0.262 e. The Hall–Kier alpha value is -4.86. The molecule has 3 aromatic heterocycles. The first kappa shape index (κ1) is 25.4. The molecule has 0 saturated carbocycles. The number of anilines is 1. The maximum absolute atomic E-state index is 15.8. The molecule has 1 amide bonds. The Bertz CT molecular complexity index is 1800. The maximum atomic E-state index is 15.8. The van der Waals surface area contributed by atoms with Crippen LogP contribution in [-0.2, 0) is 4.79 Å². The van der Waals surface area contributed by atoms with Gasteiger partial charge in [-0.3, -0.25) is 14.2 Å². The number of carbonyl (C=O) groups is 1. The number of amides is 1. The zero-order valence-electron chi connectivity index (χ0n) is 21.7. The number of carbonyl (C=O) groups excluding carboxylic acids is 1. The van der Waals surface area contributed by atoms with Crippen LogP contribution in [0, 0.1) is 11.6 Å². The van der Waals surface area contributed by atoms with E-state index >= 15 is 4.39 Å². The van der Waals surface area contributed by atoms with E-state index in [1.807, 2.05) is 11.0 Å². The average Bonchev–Trinajstić information content (AvgIpc) is 3.34. The average molecular weight is 541 g/mol. The molecule has 0 spiro atoms. The molecule has 10 heteroatoms. The minimum atomic E-state index is -0.525. The summed E-state index contributed by atoms with van der Waals surface area (Å²) in [6.07, 6.45) is 4.47. The van der Waals surface area contributed by atoms with Crippen molar-refractivity contribution in [3.05, 3.63) is 101 Å². The molecule has 2 N–H and O–H groups in total. The molecular weight excluding hydrogens is 514 g/mol. The molecule has 1 aliphatic rings. The number of nitrogens with two attached hydrogens (primary N) is 1. The minimum Gasteiger partial charge on any atom is -0.382 e. The van der Waals surface area contributed by atoms with Crippen LogP contribution in [0.1, 0.15) is 31.4 Å². The highest BCUT2D eigenvalue weighted by molar-refractivity contribution is 5.89. The summed E-state index contributed by atoms with van der Waals surface area (Å²) in [6, 6.07) is 15.4. The Morgan fingerprint density at radius 3 is 2.42 bits per heavy atom. The standard InChI is InChI=1S/C30H26F2N6O2/c1-18(39)36-13-10-19(11-14-36)27-16-25(28-29(33)34-17-35-38(27)28)24-9-4-20(15-26(24)32)23-3-2-12-37(30(23)40)22-7-5-21(31)6-8-22/h2-9,12,15-17,19H,10-11,13-14H2,1H3,(H2,33,34,35). The third-order valence-electron chi connectivity index (χ3n) is 7.59. The summed E-state index contributed by atoms with van der Waals surface area (Å²) in [5, 5.41) is 4.42. The lowest BCUT2D eigenvalue weighted by atomic mass is 9.92. The fourth-order valence-corrected chi connectivity index (χ4v) is 5.50. The predicted octanol–water partition coefficient (Wildman–Crippen LogP) is 4.80. The number of benzene rings is 2. The van der Waals surface area contributed by atoms with Gasteiger partial charge < -0.3 is 10.6 Å². The van der Waals surface area contributed by atoms with Crippen molar-refractivity contribution in [2.24, 2.45) is 0 Å². The summed E-state index contributed by atoms with van der Waals surface area (Å²) < 4.78 is 32.3. The van der Waals surface area contributed by atoms with Gasteiger partial charge in [-0.15, -0.1) is 0 Å². The summed E-state index contributed by atoms with van der Waals surface area (Å²) in [6.45, 7) is 2.84. The molecule has 0 radical (unpaired) electrons. The van der Waals surface area contributed by atoms with Crippen molar-refractivity contribution in [2.75, 3.05) is 18.8 Å². The first-order valence-corrected chi connectivity index (χ1v) is 13.0. The highest BCUT2D eigenvalue weighted by Crippen LogP contribution is 2.38. The van der Waals surface area contributed by atoms with Gasteiger partial charge in [0.05, 0.1) is 0 Å². The van der Waals surface area contributed by atoms with Gasteiger partial charge in [-0.05, 0) is 66.9 Å². The fourth-order valence-electron chi connectivity index (χ4n) is 5.50. The van der Waals surface area contributed by atoms with Crippen LogP contribution in [0.25, 0.3) is 33.5 Å². The van der Waals surface area contributed by atoms with E-state index < -0.39 is 11.6 Å². The highest BCUT2D eigenvalue weighted by atomic mass is 19.1. The smallest absolute Gasteiger partial charge is 0.262 e. The predicted molar refractivity (Wildman–Crippen MR) is 148 cm³/mol. The number of halogens is 2. The van der Waals surface area contributed by atoms with E-state index in [-0.39, 0.29) is 23.2 Å². The topological polar surface area (TPSA) is 98.5 Å². The van der Waals surface area contributed by atoms with Crippen molar-refractivity contribution < 1.29 is 13.6 Å². The van der Waals surface area contributed by atoms with Gasteiger partial charge in [0.15, 0.2) is 5.82 Å². The summed E-state index contributed by atoms with van der Waals surface area (Å²) in [7, 11) is 0. The van der Waals surface area contributed by atoms with E-state index in [0.29, 0.717) is 46.5 Å². The summed E-state index contributed by atoms with van der Waals surface area (Å²) in [5.74, 6) is -0.535. The monoisotopic (exact) mass is 540 g/mol. The van der Waals surface area contributed by atoms with Crippen LogP contribution < -0.4 is 11.3 Å². The molecule has 202 valence electrons. The van der Waals surface area contributed by atoms with Gasteiger partial charge in [0.2, 0.25) is 5.91 Å². The van der Waals surface area contributed by atoms with Gasteiger partial charge >= 0.3 is 0 Å². The molecule has 4 heterocycles. The molecule has 0 unspecified atom stereocenters. The number of pyridine rings is 1. The zero-order valence-corrected chi connectivity index (χ0v) is 21.7.